The molecule has 0 bridgehead atoms. The molecule has 1 heterocycles. The van der Waals surface area contributed by atoms with Gasteiger partial charge in [0.05, 0.1) is 17.9 Å². The summed E-state index contributed by atoms with van der Waals surface area (Å²) in [5.74, 6) is -0.234. The highest BCUT2D eigenvalue weighted by Gasteiger charge is 2.40. The van der Waals surface area contributed by atoms with Gasteiger partial charge in [0.2, 0.25) is 0 Å². The number of hydrogen-bond donors (Lipinski definition) is 1. The van der Waals surface area contributed by atoms with Crippen LogP contribution in [0, 0.1) is 0 Å². The second-order valence-electron chi connectivity index (χ2n) is 7.31. The molecule has 1 N–H and O–H groups in total. The number of hydrogen-bond acceptors (Lipinski definition) is 4. The van der Waals surface area contributed by atoms with E-state index in [2.05, 4.69) is 12.2 Å². The van der Waals surface area contributed by atoms with Crippen molar-refractivity contribution in [1.29, 1.82) is 0 Å². The van der Waals surface area contributed by atoms with Crippen molar-refractivity contribution in [3.05, 3.63) is 94.6 Å². The Morgan fingerprint density at radius 3 is 2.28 bits per heavy atom. The minimum absolute atomic E-state index is 0.225. The summed E-state index contributed by atoms with van der Waals surface area (Å²) >= 11 is 6.04. The van der Waals surface area contributed by atoms with E-state index in [1.807, 2.05) is 31.2 Å². The van der Waals surface area contributed by atoms with E-state index in [1.165, 1.54) is 10.5 Å². The molecule has 0 unspecified atom stereocenters. The summed E-state index contributed by atoms with van der Waals surface area (Å²) in [5, 5.41) is 3.73. The first-order valence-electron chi connectivity index (χ1n) is 10.5. The van der Waals surface area contributed by atoms with E-state index in [1.54, 1.807) is 48.5 Å². The molecule has 2 amide bonds. The van der Waals surface area contributed by atoms with E-state index in [9.17, 15) is 9.59 Å². The third kappa shape index (κ3) is 4.25. The molecule has 5 nitrogen and oxygen atoms in total. The number of ether oxygens (including phenoxy) is 1. The van der Waals surface area contributed by atoms with E-state index in [4.69, 9.17) is 16.3 Å². The first-order chi connectivity index (χ1) is 15.5. The maximum atomic E-state index is 13.5. The SMILES string of the molecule is CCOc1cccc(N2C(=O)C(Nc3ccc(CC)cc3)=C(c3ccc(Cl)cc3)C2=O)c1. The second-order valence-corrected chi connectivity index (χ2v) is 7.74. The van der Waals surface area contributed by atoms with Crippen LogP contribution in [0.5, 0.6) is 5.75 Å². The molecule has 0 saturated heterocycles. The number of halogens is 1. The predicted molar refractivity (Wildman–Crippen MR) is 128 cm³/mol. The number of imide groups is 1. The summed E-state index contributed by atoms with van der Waals surface area (Å²) in [4.78, 5) is 28.2. The van der Waals surface area contributed by atoms with Crippen LogP contribution < -0.4 is 15.0 Å². The molecule has 0 radical (unpaired) electrons. The first kappa shape index (κ1) is 21.7. The molecule has 1 aliphatic rings. The highest BCUT2D eigenvalue weighted by Crippen LogP contribution is 2.35. The van der Waals surface area contributed by atoms with Crippen LogP contribution in [0.2, 0.25) is 5.02 Å². The lowest BCUT2D eigenvalue weighted by molar-refractivity contribution is -0.120. The summed E-state index contributed by atoms with van der Waals surface area (Å²) < 4.78 is 5.55. The van der Waals surface area contributed by atoms with Crippen LogP contribution in [0.1, 0.15) is 25.0 Å². The van der Waals surface area contributed by atoms with Crippen LogP contribution in [0.25, 0.3) is 5.57 Å². The molecule has 0 aliphatic carbocycles. The number of aryl methyl sites for hydroxylation is 1. The maximum Gasteiger partial charge on any atom is 0.282 e. The number of nitrogens with one attached hydrogen (secondary N) is 1. The summed E-state index contributed by atoms with van der Waals surface area (Å²) in [7, 11) is 0. The fourth-order valence-electron chi connectivity index (χ4n) is 3.61. The lowest BCUT2D eigenvalue weighted by Gasteiger charge is -2.16. The van der Waals surface area contributed by atoms with Gasteiger partial charge in [0.15, 0.2) is 0 Å². The lowest BCUT2D eigenvalue weighted by Crippen LogP contribution is -2.32. The van der Waals surface area contributed by atoms with Gasteiger partial charge in [-0.1, -0.05) is 48.9 Å². The Morgan fingerprint density at radius 1 is 0.906 bits per heavy atom. The Bertz CT molecular complexity index is 1180. The van der Waals surface area contributed by atoms with Crippen molar-refractivity contribution in [2.45, 2.75) is 20.3 Å². The Balaban J connectivity index is 1.77. The van der Waals surface area contributed by atoms with Gasteiger partial charge in [0.1, 0.15) is 11.4 Å². The molecular weight excluding hydrogens is 424 g/mol. The van der Waals surface area contributed by atoms with Crippen molar-refractivity contribution >= 4 is 40.4 Å². The van der Waals surface area contributed by atoms with Gasteiger partial charge in [-0.3, -0.25) is 9.59 Å². The number of nitrogens with zero attached hydrogens (tertiary/aromatic N) is 1. The number of rotatable bonds is 7. The third-order valence-corrected chi connectivity index (χ3v) is 5.49. The summed E-state index contributed by atoms with van der Waals surface area (Å²) in [6, 6.07) is 21.6. The fraction of sp³-hybridized carbons (Fsp3) is 0.154. The van der Waals surface area contributed by atoms with Crippen molar-refractivity contribution in [3.63, 3.8) is 0 Å². The number of benzene rings is 3. The van der Waals surface area contributed by atoms with Gasteiger partial charge in [-0.2, -0.15) is 0 Å². The Morgan fingerprint density at radius 2 is 1.62 bits per heavy atom. The van der Waals surface area contributed by atoms with E-state index in [0.717, 1.165) is 12.1 Å². The molecule has 162 valence electrons. The number of amides is 2. The average molecular weight is 447 g/mol. The average Bonchev–Trinajstić information content (AvgIpc) is 3.04. The van der Waals surface area contributed by atoms with E-state index >= 15 is 0 Å². The number of carbonyl (C=O) groups is 2. The normalized spacial score (nSPS) is 13.7. The number of carbonyl (C=O) groups excluding carboxylic acids is 2. The van der Waals surface area contributed by atoms with Crippen molar-refractivity contribution in [1.82, 2.24) is 0 Å². The molecule has 6 heteroatoms. The third-order valence-electron chi connectivity index (χ3n) is 5.24. The van der Waals surface area contributed by atoms with Crippen molar-refractivity contribution in [2.24, 2.45) is 0 Å². The van der Waals surface area contributed by atoms with E-state index in [-0.39, 0.29) is 5.70 Å². The summed E-state index contributed by atoms with van der Waals surface area (Å²) in [6.45, 7) is 4.45. The van der Waals surface area contributed by atoms with Gasteiger partial charge in [0.25, 0.3) is 11.8 Å². The monoisotopic (exact) mass is 446 g/mol. The largest absolute Gasteiger partial charge is 0.494 e. The predicted octanol–water partition coefficient (Wildman–Crippen LogP) is 5.70. The minimum atomic E-state index is -0.423. The molecular formula is C26H23ClN2O3. The van der Waals surface area contributed by atoms with E-state index in [0.29, 0.717) is 34.2 Å². The summed E-state index contributed by atoms with van der Waals surface area (Å²) in [5.41, 5.74) is 3.51. The van der Waals surface area contributed by atoms with Gasteiger partial charge in [-0.25, -0.2) is 4.90 Å². The van der Waals surface area contributed by atoms with Crippen LogP contribution in [0.15, 0.2) is 78.5 Å². The fourth-order valence-corrected chi connectivity index (χ4v) is 3.74. The second kappa shape index (κ2) is 9.28. The van der Waals surface area contributed by atoms with Gasteiger partial charge in [-0.05, 0) is 60.9 Å². The quantitative estimate of drug-likeness (QED) is 0.473. The molecule has 0 atom stereocenters. The zero-order valence-corrected chi connectivity index (χ0v) is 18.6. The molecule has 0 spiro atoms. The first-order valence-corrected chi connectivity index (χ1v) is 10.9. The van der Waals surface area contributed by atoms with Gasteiger partial charge in [0, 0.05) is 16.8 Å². The molecule has 0 fully saturated rings. The van der Waals surface area contributed by atoms with Gasteiger partial charge >= 0.3 is 0 Å². The zero-order valence-electron chi connectivity index (χ0n) is 17.9. The summed E-state index contributed by atoms with van der Waals surface area (Å²) in [6.07, 6.45) is 0.917. The number of anilines is 2. The highest BCUT2D eigenvalue weighted by molar-refractivity contribution is 6.46. The Hall–Kier alpha value is -3.57. The van der Waals surface area contributed by atoms with Crippen LogP contribution in [0.4, 0.5) is 11.4 Å². The van der Waals surface area contributed by atoms with Crippen LogP contribution in [-0.4, -0.2) is 18.4 Å². The molecule has 0 aromatic heterocycles. The van der Waals surface area contributed by atoms with Crippen molar-refractivity contribution in [2.75, 3.05) is 16.8 Å². The van der Waals surface area contributed by atoms with E-state index < -0.39 is 11.8 Å². The van der Waals surface area contributed by atoms with Gasteiger partial charge < -0.3 is 10.1 Å². The molecule has 1 aliphatic heterocycles. The standard InChI is InChI=1S/C26H23ClN2O3/c1-3-17-8-14-20(15-9-17)28-24-23(18-10-12-19(27)13-11-18)25(30)29(26(24)31)21-6-5-7-22(16-21)32-4-2/h5-16,28H,3-4H2,1-2H3. The molecule has 4 rings (SSSR count). The molecule has 32 heavy (non-hydrogen) atoms. The topological polar surface area (TPSA) is 58.6 Å². The molecule has 0 saturated carbocycles. The molecule has 3 aromatic carbocycles. The van der Waals surface area contributed by atoms with Gasteiger partial charge in [-0.15, -0.1) is 0 Å². The van der Waals surface area contributed by atoms with Crippen LogP contribution in [0.3, 0.4) is 0 Å². The van der Waals surface area contributed by atoms with Crippen LogP contribution >= 0.6 is 11.6 Å². The maximum absolute atomic E-state index is 13.5. The Labute approximate surface area is 192 Å². The highest BCUT2D eigenvalue weighted by atomic mass is 35.5. The lowest BCUT2D eigenvalue weighted by atomic mass is 10.0. The van der Waals surface area contributed by atoms with Crippen molar-refractivity contribution < 1.29 is 14.3 Å². The van der Waals surface area contributed by atoms with Crippen LogP contribution in [-0.2, 0) is 16.0 Å². The zero-order chi connectivity index (χ0) is 22.7. The molecule has 3 aromatic rings. The smallest absolute Gasteiger partial charge is 0.282 e. The Kier molecular flexibility index (Phi) is 6.28. The van der Waals surface area contributed by atoms with Crippen molar-refractivity contribution in [3.8, 4) is 5.75 Å². The minimum Gasteiger partial charge on any atom is -0.494 e.